The van der Waals surface area contributed by atoms with Gasteiger partial charge in [-0.2, -0.15) is 0 Å². The van der Waals surface area contributed by atoms with Gasteiger partial charge in [0.1, 0.15) is 0 Å². The van der Waals surface area contributed by atoms with Crippen LogP contribution in [0.5, 0.6) is 0 Å². The van der Waals surface area contributed by atoms with E-state index >= 15 is 0 Å². The first-order valence-corrected chi connectivity index (χ1v) is 6.37. The molecule has 0 radical (unpaired) electrons. The summed E-state index contributed by atoms with van der Waals surface area (Å²) < 4.78 is 12.3. The van der Waals surface area contributed by atoms with E-state index in [1.54, 1.807) is 0 Å². The van der Waals surface area contributed by atoms with Gasteiger partial charge in [0, 0.05) is 9.79 Å². The Morgan fingerprint density at radius 1 is 0.938 bits per heavy atom. The molecule has 82 valence electrons. The molecule has 0 aromatic heterocycles. The van der Waals surface area contributed by atoms with Gasteiger partial charge in [-0.15, -0.1) is 0 Å². The number of hydrogen-bond donors (Lipinski definition) is 0. The molecule has 0 aliphatic heterocycles. The summed E-state index contributed by atoms with van der Waals surface area (Å²) in [6, 6.07) is 15.6. The summed E-state index contributed by atoms with van der Waals surface area (Å²) in [7, 11) is -1.07. The molecule has 1 nitrogen and oxygen atoms in total. The van der Waals surface area contributed by atoms with Crippen molar-refractivity contribution in [1.29, 1.82) is 0 Å². The summed E-state index contributed by atoms with van der Waals surface area (Å²) in [6.07, 6.45) is 0. The minimum Gasteiger partial charge on any atom is -0.249 e. The quantitative estimate of drug-likeness (QED) is 0.772. The van der Waals surface area contributed by atoms with Crippen molar-refractivity contribution in [2.24, 2.45) is 0 Å². The highest BCUT2D eigenvalue weighted by molar-refractivity contribution is 7.85. The molecule has 0 N–H and O–H groups in total. The lowest BCUT2D eigenvalue weighted by molar-refractivity contribution is 0.682. The fourth-order valence-corrected chi connectivity index (χ4v) is 2.89. The monoisotopic (exact) mass is 230 g/mol. The SMILES string of the molecule is Cc1ccc(C)c(S(=O)c2ccccc2)c1. The predicted molar refractivity (Wildman–Crippen MR) is 67.0 cm³/mol. The number of benzene rings is 2. The van der Waals surface area contributed by atoms with E-state index in [0.29, 0.717) is 0 Å². The zero-order chi connectivity index (χ0) is 11.5. The topological polar surface area (TPSA) is 17.1 Å². The first-order chi connectivity index (χ1) is 7.68. The van der Waals surface area contributed by atoms with Crippen LogP contribution in [-0.4, -0.2) is 4.21 Å². The molecule has 0 spiro atoms. The van der Waals surface area contributed by atoms with E-state index < -0.39 is 10.8 Å². The van der Waals surface area contributed by atoms with Crippen LogP contribution >= 0.6 is 0 Å². The van der Waals surface area contributed by atoms with Crippen molar-refractivity contribution in [2.75, 3.05) is 0 Å². The molecule has 1 unspecified atom stereocenters. The molecule has 1 atom stereocenters. The van der Waals surface area contributed by atoms with E-state index in [0.717, 1.165) is 20.9 Å². The van der Waals surface area contributed by atoms with Crippen molar-refractivity contribution >= 4 is 10.8 Å². The Morgan fingerprint density at radius 3 is 2.31 bits per heavy atom. The second kappa shape index (κ2) is 4.62. The zero-order valence-electron chi connectivity index (χ0n) is 9.44. The van der Waals surface area contributed by atoms with Crippen LogP contribution in [-0.2, 0) is 10.8 Å². The molecular weight excluding hydrogens is 216 g/mol. The lowest BCUT2D eigenvalue weighted by atomic mass is 10.2. The van der Waals surface area contributed by atoms with Crippen LogP contribution in [0.15, 0.2) is 58.3 Å². The van der Waals surface area contributed by atoms with Gasteiger partial charge in [0.05, 0.1) is 10.8 Å². The second-order valence-electron chi connectivity index (χ2n) is 3.85. The Hall–Kier alpha value is -1.41. The Balaban J connectivity index is 2.46. The molecule has 2 heteroatoms. The molecule has 0 aliphatic carbocycles. The van der Waals surface area contributed by atoms with Crippen molar-refractivity contribution < 1.29 is 4.21 Å². The third-order valence-corrected chi connectivity index (χ3v) is 4.04. The van der Waals surface area contributed by atoms with Crippen LogP contribution in [0.1, 0.15) is 11.1 Å². The van der Waals surface area contributed by atoms with Crippen molar-refractivity contribution in [3.05, 3.63) is 59.7 Å². The molecule has 0 aliphatic rings. The molecule has 0 saturated heterocycles. The lowest BCUT2D eigenvalue weighted by Crippen LogP contribution is -1.96. The summed E-state index contributed by atoms with van der Waals surface area (Å²) in [5.41, 5.74) is 2.22. The molecule has 0 fully saturated rings. The van der Waals surface area contributed by atoms with Gasteiger partial charge in [-0.3, -0.25) is 0 Å². The Morgan fingerprint density at radius 2 is 1.62 bits per heavy atom. The van der Waals surface area contributed by atoms with Crippen molar-refractivity contribution in [3.8, 4) is 0 Å². The molecule has 0 amide bonds. The van der Waals surface area contributed by atoms with Crippen molar-refractivity contribution in [3.63, 3.8) is 0 Å². The third-order valence-electron chi connectivity index (χ3n) is 2.50. The third kappa shape index (κ3) is 2.22. The molecule has 2 aromatic carbocycles. The Labute approximate surface area is 98.6 Å². The van der Waals surface area contributed by atoms with E-state index in [1.807, 2.05) is 62.4 Å². The lowest BCUT2D eigenvalue weighted by Gasteiger charge is -2.06. The van der Waals surface area contributed by atoms with Gasteiger partial charge in [0.15, 0.2) is 0 Å². The van der Waals surface area contributed by atoms with Crippen LogP contribution in [0.4, 0.5) is 0 Å². The number of aryl methyl sites for hydroxylation is 2. The molecule has 0 saturated carbocycles. The maximum Gasteiger partial charge on any atom is 0.0852 e. The molecule has 0 heterocycles. The van der Waals surface area contributed by atoms with E-state index in [1.165, 1.54) is 0 Å². The van der Waals surface area contributed by atoms with Gasteiger partial charge >= 0.3 is 0 Å². The van der Waals surface area contributed by atoms with E-state index in [-0.39, 0.29) is 0 Å². The summed E-state index contributed by atoms with van der Waals surface area (Å²) in [4.78, 5) is 1.77. The molecular formula is C14H14OS. The smallest absolute Gasteiger partial charge is 0.0852 e. The van der Waals surface area contributed by atoms with Crippen LogP contribution in [0.25, 0.3) is 0 Å². The highest BCUT2D eigenvalue weighted by Gasteiger charge is 2.09. The minimum absolute atomic E-state index is 0.858. The highest BCUT2D eigenvalue weighted by Crippen LogP contribution is 2.20. The Bertz CT molecular complexity index is 518. The van der Waals surface area contributed by atoms with Crippen molar-refractivity contribution in [2.45, 2.75) is 23.6 Å². The molecule has 16 heavy (non-hydrogen) atoms. The van der Waals surface area contributed by atoms with Gasteiger partial charge < -0.3 is 0 Å². The fraction of sp³-hybridized carbons (Fsp3) is 0.143. The van der Waals surface area contributed by atoms with Crippen LogP contribution in [0.3, 0.4) is 0 Å². The number of hydrogen-bond acceptors (Lipinski definition) is 1. The normalized spacial score (nSPS) is 12.4. The predicted octanol–water partition coefficient (Wildman–Crippen LogP) is 3.47. The molecule has 2 rings (SSSR count). The van der Waals surface area contributed by atoms with Crippen LogP contribution in [0.2, 0.25) is 0 Å². The zero-order valence-corrected chi connectivity index (χ0v) is 10.3. The maximum atomic E-state index is 12.3. The van der Waals surface area contributed by atoms with Crippen molar-refractivity contribution in [1.82, 2.24) is 0 Å². The first kappa shape index (κ1) is 11.1. The first-order valence-electron chi connectivity index (χ1n) is 5.22. The highest BCUT2D eigenvalue weighted by atomic mass is 32.2. The maximum absolute atomic E-state index is 12.3. The average molecular weight is 230 g/mol. The summed E-state index contributed by atoms with van der Waals surface area (Å²) in [6.45, 7) is 4.01. The average Bonchev–Trinajstić information content (AvgIpc) is 2.32. The van der Waals surface area contributed by atoms with Gasteiger partial charge in [0.25, 0.3) is 0 Å². The van der Waals surface area contributed by atoms with Gasteiger partial charge in [0.2, 0.25) is 0 Å². The summed E-state index contributed by atoms with van der Waals surface area (Å²) in [5, 5.41) is 0. The van der Waals surface area contributed by atoms with Gasteiger partial charge in [-0.05, 0) is 43.2 Å². The summed E-state index contributed by atoms with van der Waals surface area (Å²) in [5.74, 6) is 0. The standard InChI is InChI=1S/C14H14OS/c1-11-8-9-12(2)14(10-11)16(15)13-6-4-3-5-7-13/h3-10H,1-2H3. The minimum atomic E-state index is -1.07. The van der Waals surface area contributed by atoms with Gasteiger partial charge in [-0.25, -0.2) is 4.21 Å². The Kier molecular flexibility index (Phi) is 3.20. The van der Waals surface area contributed by atoms with Gasteiger partial charge in [-0.1, -0.05) is 30.3 Å². The molecule has 0 bridgehead atoms. The van der Waals surface area contributed by atoms with Crippen LogP contribution < -0.4 is 0 Å². The van der Waals surface area contributed by atoms with E-state index in [2.05, 4.69) is 0 Å². The van der Waals surface area contributed by atoms with E-state index in [9.17, 15) is 4.21 Å². The fourth-order valence-electron chi connectivity index (χ4n) is 1.58. The summed E-state index contributed by atoms with van der Waals surface area (Å²) >= 11 is 0. The second-order valence-corrected chi connectivity index (χ2v) is 5.30. The number of rotatable bonds is 2. The van der Waals surface area contributed by atoms with E-state index in [4.69, 9.17) is 0 Å². The largest absolute Gasteiger partial charge is 0.249 e. The van der Waals surface area contributed by atoms with Crippen LogP contribution in [0, 0.1) is 13.8 Å². The molecule has 2 aromatic rings.